The molecule has 1 N–H and O–H groups in total. The van der Waals surface area contributed by atoms with E-state index in [0.29, 0.717) is 11.7 Å². The predicted molar refractivity (Wildman–Crippen MR) is 73.8 cm³/mol. The van der Waals surface area contributed by atoms with Crippen LogP contribution in [0.3, 0.4) is 0 Å². The number of hydrogen-bond acceptors (Lipinski definition) is 3. The summed E-state index contributed by atoms with van der Waals surface area (Å²) in [6.07, 6.45) is 6.68. The number of nitrogens with zero attached hydrogens (tertiary/aromatic N) is 3. The maximum absolute atomic E-state index is 5.89. The van der Waals surface area contributed by atoms with Crippen molar-refractivity contribution in [3.05, 3.63) is 41.2 Å². The fourth-order valence-corrected chi connectivity index (χ4v) is 1.89. The molecule has 18 heavy (non-hydrogen) atoms. The molecule has 0 atom stereocenters. The van der Waals surface area contributed by atoms with Crippen molar-refractivity contribution in [2.24, 2.45) is 0 Å². The van der Waals surface area contributed by atoms with E-state index >= 15 is 0 Å². The van der Waals surface area contributed by atoms with Crippen molar-refractivity contribution in [3.8, 4) is 0 Å². The molecule has 0 saturated carbocycles. The highest BCUT2D eigenvalue weighted by Crippen LogP contribution is 2.16. The first-order valence-corrected chi connectivity index (χ1v) is 6.44. The lowest BCUT2D eigenvalue weighted by atomic mass is 10.3. The first kappa shape index (κ1) is 12.9. The van der Waals surface area contributed by atoms with Crippen LogP contribution in [0.2, 0.25) is 5.15 Å². The fraction of sp³-hybridized carbons (Fsp3) is 0.385. The molecular weight excluding hydrogens is 248 g/mol. The van der Waals surface area contributed by atoms with E-state index in [1.807, 2.05) is 25.4 Å². The third-order valence-electron chi connectivity index (χ3n) is 2.73. The van der Waals surface area contributed by atoms with Gasteiger partial charge >= 0.3 is 0 Å². The standard InChI is InChI=1S/C13H17ClN4/c1-3-5-18-6-4-15-12(18)9-16-11-7-10(2)13(14)17-8-11/h4,6-8,16H,3,5,9H2,1-2H3. The lowest BCUT2D eigenvalue weighted by Crippen LogP contribution is -2.08. The molecule has 0 aliphatic carbocycles. The molecular formula is C13H17ClN4. The molecule has 0 aromatic carbocycles. The van der Waals surface area contributed by atoms with E-state index in [0.717, 1.165) is 30.0 Å². The second-order valence-electron chi connectivity index (χ2n) is 4.22. The third kappa shape index (κ3) is 3.01. The van der Waals surface area contributed by atoms with E-state index in [2.05, 4.69) is 26.8 Å². The van der Waals surface area contributed by atoms with Crippen LogP contribution < -0.4 is 5.32 Å². The smallest absolute Gasteiger partial charge is 0.132 e. The van der Waals surface area contributed by atoms with Gasteiger partial charge < -0.3 is 9.88 Å². The van der Waals surface area contributed by atoms with Gasteiger partial charge in [-0.2, -0.15) is 0 Å². The van der Waals surface area contributed by atoms with Crippen molar-refractivity contribution in [2.75, 3.05) is 5.32 Å². The zero-order chi connectivity index (χ0) is 13.0. The molecule has 0 radical (unpaired) electrons. The number of rotatable bonds is 5. The average Bonchev–Trinajstić information content (AvgIpc) is 2.79. The monoisotopic (exact) mass is 264 g/mol. The summed E-state index contributed by atoms with van der Waals surface area (Å²) >= 11 is 5.89. The van der Waals surface area contributed by atoms with Crippen molar-refractivity contribution in [1.29, 1.82) is 0 Å². The molecule has 0 bridgehead atoms. The highest BCUT2D eigenvalue weighted by Gasteiger charge is 2.03. The second-order valence-corrected chi connectivity index (χ2v) is 4.58. The zero-order valence-electron chi connectivity index (χ0n) is 10.7. The van der Waals surface area contributed by atoms with E-state index in [9.17, 15) is 0 Å². The zero-order valence-corrected chi connectivity index (χ0v) is 11.4. The number of anilines is 1. The summed E-state index contributed by atoms with van der Waals surface area (Å²) in [5.41, 5.74) is 1.93. The highest BCUT2D eigenvalue weighted by molar-refractivity contribution is 6.30. The van der Waals surface area contributed by atoms with E-state index in [1.54, 1.807) is 6.20 Å². The number of aromatic nitrogens is 3. The van der Waals surface area contributed by atoms with Gasteiger partial charge in [0, 0.05) is 18.9 Å². The van der Waals surface area contributed by atoms with Crippen molar-refractivity contribution in [2.45, 2.75) is 33.4 Å². The van der Waals surface area contributed by atoms with Gasteiger partial charge in [0.1, 0.15) is 11.0 Å². The number of nitrogens with one attached hydrogen (secondary N) is 1. The molecule has 0 saturated heterocycles. The summed E-state index contributed by atoms with van der Waals surface area (Å²) in [5, 5.41) is 3.86. The Morgan fingerprint density at radius 3 is 2.94 bits per heavy atom. The molecule has 0 aliphatic rings. The van der Waals surface area contributed by atoms with Gasteiger partial charge in [0.15, 0.2) is 0 Å². The molecule has 0 fully saturated rings. The third-order valence-corrected chi connectivity index (χ3v) is 3.13. The largest absolute Gasteiger partial charge is 0.377 e. The fourth-order valence-electron chi connectivity index (χ4n) is 1.79. The Hall–Kier alpha value is -1.55. The van der Waals surface area contributed by atoms with E-state index in [-0.39, 0.29) is 0 Å². The van der Waals surface area contributed by atoms with Gasteiger partial charge in [0.05, 0.1) is 18.4 Å². The molecule has 2 rings (SSSR count). The van der Waals surface area contributed by atoms with Crippen LogP contribution in [0.4, 0.5) is 5.69 Å². The summed E-state index contributed by atoms with van der Waals surface area (Å²) in [4.78, 5) is 8.46. The molecule has 2 aromatic rings. The lowest BCUT2D eigenvalue weighted by Gasteiger charge is -2.09. The van der Waals surface area contributed by atoms with Crippen LogP contribution in [0.25, 0.3) is 0 Å². The number of pyridine rings is 1. The number of halogens is 1. The Morgan fingerprint density at radius 1 is 1.39 bits per heavy atom. The predicted octanol–water partition coefficient (Wildman–Crippen LogP) is 3.26. The normalized spacial score (nSPS) is 10.6. The van der Waals surface area contributed by atoms with Crippen molar-refractivity contribution < 1.29 is 0 Å². The summed E-state index contributed by atoms with van der Waals surface area (Å²) in [6, 6.07) is 1.99. The molecule has 0 unspecified atom stereocenters. The minimum absolute atomic E-state index is 0.549. The first-order valence-electron chi connectivity index (χ1n) is 6.06. The Kier molecular flexibility index (Phi) is 4.20. The summed E-state index contributed by atoms with van der Waals surface area (Å²) in [6.45, 7) is 5.78. The first-order chi connectivity index (χ1) is 8.70. The van der Waals surface area contributed by atoms with E-state index in [1.165, 1.54) is 0 Å². The van der Waals surface area contributed by atoms with Crippen LogP contribution in [0, 0.1) is 6.92 Å². The molecule has 0 aliphatic heterocycles. The van der Waals surface area contributed by atoms with Crippen LogP contribution in [0.5, 0.6) is 0 Å². The number of aryl methyl sites for hydroxylation is 2. The Balaban J connectivity index is 2.02. The summed E-state index contributed by atoms with van der Waals surface area (Å²) < 4.78 is 2.16. The minimum atomic E-state index is 0.549. The number of hydrogen-bond donors (Lipinski definition) is 1. The van der Waals surface area contributed by atoms with Gasteiger partial charge in [0.25, 0.3) is 0 Å². The van der Waals surface area contributed by atoms with Gasteiger partial charge in [0.2, 0.25) is 0 Å². The van der Waals surface area contributed by atoms with Crippen LogP contribution in [-0.2, 0) is 13.1 Å². The second kappa shape index (κ2) is 5.87. The Morgan fingerprint density at radius 2 is 2.22 bits per heavy atom. The molecule has 96 valence electrons. The van der Waals surface area contributed by atoms with Gasteiger partial charge in [-0.05, 0) is 25.0 Å². The van der Waals surface area contributed by atoms with E-state index < -0.39 is 0 Å². The van der Waals surface area contributed by atoms with Crippen LogP contribution in [-0.4, -0.2) is 14.5 Å². The average molecular weight is 265 g/mol. The maximum Gasteiger partial charge on any atom is 0.132 e. The topological polar surface area (TPSA) is 42.7 Å². The molecule has 0 amide bonds. The van der Waals surface area contributed by atoms with Crippen molar-refractivity contribution >= 4 is 17.3 Å². The summed E-state index contributed by atoms with van der Waals surface area (Å²) in [5.74, 6) is 1.03. The Bertz CT molecular complexity index is 521. The van der Waals surface area contributed by atoms with Gasteiger partial charge in [-0.25, -0.2) is 9.97 Å². The number of imidazole rings is 1. The molecule has 0 spiro atoms. The van der Waals surface area contributed by atoms with Gasteiger partial charge in [-0.1, -0.05) is 18.5 Å². The van der Waals surface area contributed by atoms with Crippen LogP contribution in [0.15, 0.2) is 24.7 Å². The Labute approximate surface area is 112 Å². The summed E-state index contributed by atoms with van der Waals surface area (Å²) in [7, 11) is 0. The molecule has 5 heteroatoms. The van der Waals surface area contributed by atoms with Crippen LogP contribution >= 0.6 is 11.6 Å². The molecule has 2 heterocycles. The SMILES string of the molecule is CCCn1ccnc1CNc1cnc(Cl)c(C)c1. The molecule has 2 aromatic heterocycles. The van der Waals surface area contributed by atoms with Gasteiger partial charge in [-0.3, -0.25) is 0 Å². The van der Waals surface area contributed by atoms with Crippen molar-refractivity contribution in [3.63, 3.8) is 0 Å². The minimum Gasteiger partial charge on any atom is -0.377 e. The van der Waals surface area contributed by atoms with Crippen LogP contribution in [0.1, 0.15) is 24.7 Å². The highest BCUT2D eigenvalue weighted by atomic mass is 35.5. The quantitative estimate of drug-likeness (QED) is 0.843. The maximum atomic E-state index is 5.89. The van der Waals surface area contributed by atoms with E-state index in [4.69, 9.17) is 11.6 Å². The lowest BCUT2D eigenvalue weighted by molar-refractivity contribution is 0.644. The molecule has 4 nitrogen and oxygen atoms in total. The van der Waals surface area contributed by atoms with Crippen molar-refractivity contribution in [1.82, 2.24) is 14.5 Å². The van der Waals surface area contributed by atoms with Gasteiger partial charge in [-0.15, -0.1) is 0 Å².